The number of nitrogens with zero attached hydrogens (tertiary/aromatic N) is 2. The molecule has 2 aromatic rings. The van der Waals surface area contributed by atoms with E-state index in [2.05, 4.69) is 16.9 Å². The zero-order valence-corrected chi connectivity index (χ0v) is 19.4. The average molecular weight is 526 g/mol. The summed E-state index contributed by atoms with van der Waals surface area (Å²) in [5.41, 5.74) is -6.97. The van der Waals surface area contributed by atoms with Crippen molar-refractivity contribution in [1.29, 1.82) is 0 Å². The van der Waals surface area contributed by atoms with Gasteiger partial charge in [0.2, 0.25) is 0 Å². The Balaban J connectivity index is 0.000000945. The summed E-state index contributed by atoms with van der Waals surface area (Å²) >= 11 is 6.02. The molecule has 1 aromatic carbocycles. The Morgan fingerprint density at radius 2 is 1.71 bits per heavy atom. The first-order chi connectivity index (χ1) is 15.7. The lowest BCUT2D eigenvalue weighted by atomic mass is 9.89. The van der Waals surface area contributed by atoms with Crippen molar-refractivity contribution in [2.75, 3.05) is 18.4 Å². The molecule has 13 heteroatoms. The minimum absolute atomic E-state index is 0.0279. The van der Waals surface area contributed by atoms with Crippen molar-refractivity contribution in [3.63, 3.8) is 0 Å². The van der Waals surface area contributed by atoms with E-state index >= 15 is 4.39 Å². The molecule has 2 heterocycles. The Bertz CT molecular complexity index is 1130. The molecule has 0 saturated carbocycles. The summed E-state index contributed by atoms with van der Waals surface area (Å²) in [4.78, 5) is 16.8. The van der Waals surface area contributed by atoms with E-state index in [1.807, 2.05) is 0 Å². The number of pyridine rings is 1. The normalized spacial score (nSPS) is 15.7. The lowest BCUT2D eigenvalue weighted by Crippen LogP contribution is -2.45. The van der Waals surface area contributed by atoms with E-state index < -0.39 is 31.9 Å². The molecule has 0 atom stereocenters. The number of sulfone groups is 1. The highest BCUT2D eigenvalue weighted by atomic mass is 35.5. The first kappa shape index (κ1) is 27.5. The number of benzene rings is 1. The number of halogens is 6. The van der Waals surface area contributed by atoms with Crippen LogP contribution in [0, 0.1) is 0 Å². The molecular weight excluding hydrogens is 505 g/mol. The predicted octanol–water partition coefficient (Wildman–Crippen LogP) is 6.01. The number of urea groups is 1. The smallest absolute Gasteiger partial charge is 0.324 e. The van der Waals surface area contributed by atoms with Crippen LogP contribution in [0.25, 0.3) is 0 Å². The van der Waals surface area contributed by atoms with Crippen LogP contribution in [0.4, 0.5) is 32.4 Å². The molecule has 0 bridgehead atoms. The number of likely N-dealkylation sites (tertiary alicyclic amines) is 1. The quantitative estimate of drug-likeness (QED) is 0.498. The molecule has 1 saturated heterocycles. The predicted molar refractivity (Wildman–Crippen MR) is 117 cm³/mol. The van der Waals surface area contributed by atoms with Gasteiger partial charge in [-0.15, -0.1) is 0 Å². The molecule has 0 radical (unpaired) electrons. The van der Waals surface area contributed by atoms with Crippen molar-refractivity contribution in [2.24, 2.45) is 0 Å². The highest BCUT2D eigenvalue weighted by Gasteiger charge is 2.46. The van der Waals surface area contributed by atoms with Crippen molar-refractivity contribution in [3.05, 3.63) is 65.7 Å². The van der Waals surface area contributed by atoms with Crippen LogP contribution in [0.1, 0.15) is 25.5 Å². The van der Waals surface area contributed by atoms with Crippen LogP contribution in [-0.2, 0) is 15.5 Å². The number of allylic oxidation sites excluding steroid dienone is 1. The Labute approximate surface area is 198 Å². The highest BCUT2D eigenvalue weighted by molar-refractivity contribution is 7.92. The summed E-state index contributed by atoms with van der Waals surface area (Å²) in [6.07, 6.45) is 1.38. The fraction of sp³-hybridized carbons (Fsp3) is 0.333. The fourth-order valence-electron chi connectivity index (χ4n) is 3.07. The van der Waals surface area contributed by atoms with Gasteiger partial charge >= 0.3 is 11.5 Å². The molecule has 1 aromatic heterocycles. The molecule has 34 heavy (non-hydrogen) atoms. The van der Waals surface area contributed by atoms with Crippen molar-refractivity contribution >= 4 is 33.2 Å². The number of amides is 2. The number of carbonyl (C=O) groups is 1. The largest absolute Gasteiger partial charge is 0.501 e. The first-order valence-electron chi connectivity index (χ1n) is 9.75. The number of nitrogens with one attached hydrogen (secondary N) is 1. The first-order valence-corrected chi connectivity index (χ1v) is 11.6. The van der Waals surface area contributed by atoms with Gasteiger partial charge in [-0.1, -0.05) is 18.2 Å². The SMILES string of the molecule is C=C(C)F.O=C(Nc1ccc(S(=O)(=O)C(F)(F)F)cc1)N1CCC(F)(c2ncccc2Cl)CC1. The van der Waals surface area contributed by atoms with E-state index in [-0.39, 0.29) is 48.2 Å². The van der Waals surface area contributed by atoms with Crippen LogP contribution < -0.4 is 5.32 Å². The number of hydrogen-bond donors (Lipinski definition) is 1. The molecule has 1 aliphatic rings. The molecule has 1 fully saturated rings. The lowest BCUT2D eigenvalue weighted by Gasteiger charge is -2.36. The van der Waals surface area contributed by atoms with E-state index in [1.165, 1.54) is 24.1 Å². The van der Waals surface area contributed by atoms with Gasteiger partial charge in [-0.2, -0.15) is 13.2 Å². The van der Waals surface area contributed by atoms with Crippen LogP contribution >= 0.6 is 11.6 Å². The molecule has 2 amide bonds. The summed E-state index contributed by atoms with van der Waals surface area (Å²) in [6.45, 7) is 4.32. The number of aromatic nitrogens is 1. The summed E-state index contributed by atoms with van der Waals surface area (Å²) in [6, 6.07) is 6.14. The van der Waals surface area contributed by atoms with Crippen molar-refractivity contribution in [2.45, 2.75) is 35.8 Å². The van der Waals surface area contributed by atoms with Gasteiger partial charge in [0, 0.05) is 37.8 Å². The third-order valence-electron chi connectivity index (χ3n) is 4.75. The third kappa shape index (κ3) is 6.66. The highest BCUT2D eigenvalue weighted by Crippen LogP contribution is 2.39. The molecule has 186 valence electrons. The Morgan fingerprint density at radius 1 is 1.18 bits per heavy atom. The standard InChI is InChI=1S/C18H16ClF4N3O3S.C3H5F/c19-14-2-1-9-24-15(14)17(20)7-10-26(11-8-17)16(27)25-12-3-5-13(6-4-12)30(28,29)18(21,22)23;1-3(2)4/h1-6,9H,7-8,10-11H2,(H,25,27);1H2,2H3. The summed E-state index contributed by atoms with van der Waals surface area (Å²) in [5, 5.41) is 2.66. The van der Waals surface area contributed by atoms with E-state index in [0.717, 1.165) is 24.3 Å². The number of carbonyl (C=O) groups excluding carboxylic acids is 1. The van der Waals surface area contributed by atoms with Crippen LogP contribution in [0.2, 0.25) is 5.02 Å². The molecule has 3 rings (SSSR count). The van der Waals surface area contributed by atoms with Gasteiger partial charge < -0.3 is 10.2 Å². The van der Waals surface area contributed by atoms with Gasteiger partial charge in [0.05, 0.1) is 21.4 Å². The van der Waals surface area contributed by atoms with Crippen LogP contribution in [0.15, 0.2) is 59.9 Å². The number of hydrogen-bond acceptors (Lipinski definition) is 4. The Morgan fingerprint density at radius 3 is 2.18 bits per heavy atom. The molecule has 1 aliphatic heterocycles. The summed E-state index contributed by atoms with van der Waals surface area (Å²) in [7, 11) is -5.47. The second-order valence-electron chi connectivity index (χ2n) is 7.37. The zero-order valence-electron chi connectivity index (χ0n) is 17.9. The van der Waals surface area contributed by atoms with Crippen LogP contribution in [0.3, 0.4) is 0 Å². The van der Waals surface area contributed by atoms with Gasteiger partial charge in [-0.25, -0.2) is 22.0 Å². The lowest BCUT2D eigenvalue weighted by molar-refractivity contribution is -0.0436. The molecule has 0 aliphatic carbocycles. The minimum Gasteiger partial charge on any atom is -0.324 e. The van der Waals surface area contributed by atoms with E-state index in [1.54, 1.807) is 6.07 Å². The van der Waals surface area contributed by atoms with Gasteiger partial charge in [0.25, 0.3) is 9.84 Å². The third-order valence-corrected chi connectivity index (χ3v) is 6.55. The fourth-order valence-corrected chi connectivity index (χ4v) is 4.12. The molecule has 0 unspecified atom stereocenters. The maximum Gasteiger partial charge on any atom is 0.501 e. The number of alkyl halides is 4. The van der Waals surface area contributed by atoms with Crippen LogP contribution in [0.5, 0.6) is 0 Å². The van der Waals surface area contributed by atoms with Crippen molar-refractivity contribution in [3.8, 4) is 0 Å². The average Bonchev–Trinajstić information content (AvgIpc) is 2.73. The second kappa shape index (κ2) is 10.7. The van der Waals surface area contributed by atoms with Gasteiger partial charge in [-0.05, 0) is 43.3 Å². The zero-order chi connectivity index (χ0) is 25.7. The Hall–Kier alpha value is -2.73. The summed E-state index contributed by atoms with van der Waals surface area (Å²) < 4.78 is 86.5. The van der Waals surface area contributed by atoms with E-state index in [9.17, 15) is 30.8 Å². The second-order valence-corrected chi connectivity index (χ2v) is 9.71. The topological polar surface area (TPSA) is 79.4 Å². The Kier molecular flexibility index (Phi) is 8.65. The monoisotopic (exact) mass is 525 g/mol. The minimum atomic E-state index is -5.47. The number of piperidine rings is 1. The van der Waals surface area contributed by atoms with Gasteiger partial charge in [0.1, 0.15) is 0 Å². The van der Waals surface area contributed by atoms with E-state index in [0.29, 0.717) is 0 Å². The number of anilines is 1. The maximum atomic E-state index is 15.2. The maximum absolute atomic E-state index is 15.2. The molecule has 1 N–H and O–H groups in total. The van der Waals surface area contributed by atoms with E-state index in [4.69, 9.17) is 11.6 Å². The van der Waals surface area contributed by atoms with Gasteiger partial charge in [-0.3, -0.25) is 4.98 Å². The summed E-state index contributed by atoms with van der Waals surface area (Å²) in [5.74, 6) is -0.333. The van der Waals surface area contributed by atoms with Crippen LogP contribution in [-0.4, -0.2) is 42.9 Å². The molecular formula is C21H21ClF5N3O3S. The molecule has 6 nitrogen and oxygen atoms in total. The van der Waals surface area contributed by atoms with Crippen molar-refractivity contribution < 1.29 is 35.2 Å². The van der Waals surface area contributed by atoms with Gasteiger partial charge in [0.15, 0.2) is 5.67 Å². The number of rotatable bonds is 3. The van der Waals surface area contributed by atoms with Crippen molar-refractivity contribution in [1.82, 2.24) is 9.88 Å². The molecule has 0 spiro atoms.